The molecular weight excluding hydrogens is 300 g/mol. The van der Waals surface area contributed by atoms with E-state index in [4.69, 9.17) is 16.3 Å². The van der Waals surface area contributed by atoms with Gasteiger partial charge in [-0.15, -0.1) is 0 Å². The number of rotatable bonds is 5. The second kappa shape index (κ2) is 6.45. The fourth-order valence-corrected chi connectivity index (χ4v) is 2.39. The third-order valence-electron chi connectivity index (χ3n) is 3.25. The molecule has 1 aromatic heterocycles. The number of hydrogen-bond donors (Lipinski definition) is 1. The molecule has 0 aliphatic carbocycles. The summed E-state index contributed by atoms with van der Waals surface area (Å²) in [5.74, 6) is 0.671. The quantitative estimate of drug-likeness (QED) is 0.721. The maximum absolute atomic E-state index is 11.0. The van der Waals surface area contributed by atoms with Crippen LogP contribution >= 0.6 is 11.6 Å². The zero-order valence-corrected chi connectivity index (χ0v) is 12.4. The standard InChI is InChI=1S/C17H13ClN2O2/c18-16-8-14(22-11-12-4-2-1-3-5-12)6-7-15(16)17-13(10-21)9-19-20-17/h1-10H,11H2,(H,19,20). The number of benzene rings is 2. The predicted molar refractivity (Wildman–Crippen MR) is 85.2 cm³/mol. The van der Waals surface area contributed by atoms with Gasteiger partial charge in [-0.1, -0.05) is 41.9 Å². The molecule has 2 aromatic carbocycles. The summed E-state index contributed by atoms with van der Waals surface area (Å²) in [6, 6.07) is 15.2. The zero-order chi connectivity index (χ0) is 15.4. The minimum Gasteiger partial charge on any atom is -0.489 e. The summed E-state index contributed by atoms with van der Waals surface area (Å²) < 4.78 is 5.72. The summed E-state index contributed by atoms with van der Waals surface area (Å²) in [4.78, 5) is 11.0. The first-order chi connectivity index (χ1) is 10.8. The molecule has 5 heteroatoms. The fourth-order valence-electron chi connectivity index (χ4n) is 2.13. The lowest BCUT2D eigenvalue weighted by atomic mass is 10.1. The van der Waals surface area contributed by atoms with Crippen molar-refractivity contribution in [1.29, 1.82) is 0 Å². The van der Waals surface area contributed by atoms with Gasteiger partial charge in [-0.05, 0) is 23.8 Å². The molecule has 0 atom stereocenters. The molecule has 0 saturated heterocycles. The van der Waals surface area contributed by atoms with Gasteiger partial charge >= 0.3 is 0 Å². The van der Waals surface area contributed by atoms with E-state index >= 15 is 0 Å². The molecule has 110 valence electrons. The third-order valence-corrected chi connectivity index (χ3v) is 3.57. The lowest BCUT2D eigenvalue weighted by Crippen LogP contribution is -1.95. The number of hydrogen-bond acceptors (Lipinski definition) is 3. The highest BCUT2D eigenvalue weighted by atomic mass is 35.5. The molecule has 0 bridgehead atoms. The van der Waals surface area contributed by atoms with Crippen molar-refractivity contribution >= 4 is 17.9 Å². The van der Waals surface area contributed by atoms with Crippen molar-refractivity contribution in [2.45, 2.75) is 6.61 Å². The van der Waals surface area contributed by atoms with Crippen molar-refractivity contribution in [3.8, 4) is 17.0 Å². The van der Waals surface area contributed by atoms with E-state index in [1.54, 1.807) is 6.07 Å². The largest absolute Gasteiger partial charge is 0.489 e. The lowest BCUT2D eigenvalue weighted by molar-refractivity contribution is 0.112. The SMILES string of the molecule is O=Cc1cn[nH]c1-c1ccc(OCc2ccccc2)cc1Cl. The van der Waals surface area contributed by atoms with Gasteiger partial charge in [0, 0.05) is 5.56 Å². The molecule has 3 aromatic rings. The zero-order valence-electron chi connectivity index (χ0n) is 11.6. The molecule has 1 N–H and O–H groups in total. The number of ether oxygens (including phenoxy) is 1. The monoisotopic (exact) mass is 312 g/mol. The van der Waals surface area contributed by atoms with Crippen molar-refractivity contribution in [2.75, 3.05) is 0 Å². The van der Waals surface area contributed by atoms with E-state index in [-0.39, 0.29) is 0 Å². The Hall–Kier alpha value is -2.59. The van der Waals surface area contributed by atoms with Crippen molar-refractivity contribution < 1.29 is 9.53 Å². The van der Waals surface area contributed by atoms with Crippen LogP contribution in [0.15, 0.2) is 54.7 Å². The van der Waals surface area contributed by atoms with Gasteiger partial charge in [0.1, 0.15) is 12.4 Å². The Morgan fingerprint density at radius 2 is 2.00 bits per heavy atom. The molecule has 4 nitrogen and oxygen atoms in total. The predicted octanol–water partition coefficient (Wildman–Crippen LogP) is 4.12. The van der Waals surface area contributed by atoms with E-state index in [9.17, 15) is 4.79 Å². The number of nitrogens with zero attached hydrogens (tertiary/aromatic N) is 1. The highest BCUT2D eigenvalue weighted by Gasteiger charge is 2.11. The number of aldehydes is 1. The van der Waals surface area contributed by atoms with Crippen LogP contribution in [0.25, 0.3) is 11.3 Å². The molecule has 0 fully saturated rings. The minimum absolute atomic E-state index is 0.472. The summed E-state index contributed by atoms with van der Waals surface area (Å²) in [6.45, 7) is 0.472. The highest BCUT2D eigenvalue weighted by molar-refractivity contribution is 6.33. The van der Waals surface area contributed by atoms with Gasteiger partial charge < -0.3 is 4.74 Å². The Labute approximate surface area is 132 Å². The normalized spacial score (nSPS) is 10.4. The van der Waals surface area contributed by atoms with Gasteiger partial charge in [0.05, 0.1) is 22.5 Å². The highest BCUT2D eigenvalue weighted by Crippen LogP contribution is 2.31. The maximum atomic E-state index is 11.0. The van der Waals surface area contributed by atoms with Crippen molar-refractivity contribution in [1.82, 2.24) is 10.2 Å². The second-order valence-corrected chi connectivity index (χ2v) is 5.14. The first kappa shape index (κ1) is 14.4. The summed E-state index contributed by atoms with van der Waals surface area (Å²) in [7, 11) is 0. The first-order valence-corrected chi connectivity index (χ1v) is 7.11. The van der Waals surface area contributed by atoms with E-state index in [0.717, 1.165) is 11.8 Å². The van der Waals surface area contributed by atoms with Gasteiger partial charge in [0.25, 0.3) is 0 Å². The molecule has 0 aliphatic rings. The van der Waals surface area contributed by atoms with Crippen molar-refractivity contribution in [3.63, 3.8) is 0 Å². The van der Waals surface area contributed by atoms with Gasteiger partial charge in [-0.2, -0.15) is 5.10 Å². The van der Waals surface area contributed by atoms with Crippen LogP contribution in [0, 0.1) is 0 Å². The molecule has 1 heterocycles. The van der Waals surface area contributed by atoms with E-state index in [0.29, 0.717) is 34.2 Å². The topological polar surface area (TPSA) is 55.0 Å². The van der Waals surface area contributed by atoms with Gasteiger partial charge in [0.15, 0.2) is 6.29 Å². The van der Waals surface area contributed by atoms with Crippen LogP contribution in [-0.2, 0) is 6.61 Å². The molecule has 0 amide bonds. The average molecular weight is 313 g/mol. The molecule has 0 spiro atoms. The molecule has 22 heavy (non-hydrogen) atoms. The van der Waals surface area contributed by atoms with Crippen LogP contribution in [0.4, 0.5) is 0 Å². The maximum Gasteiger partial charge on any atom is 0.153 e. The molecular formula is C17H13ClN2O2. The second-order valence-electron chi connectivity index (χ2n) is 4.73. The van der Waals surface area contributed by atoms with E-state index < -0.39 is 0 Å². The van der Waals surface area contributed by atoms with E-state index in [2.05, 4.69) is 10.2 Å². The van der Waals surface area contributed by atoms with Crippen LogP contribution in [-0.4, -0.2) is 16.5 Å². The lowest BCUT2D eigenvalue weighted by Gasteiger charge is -2.09. The van der Waals surface area contributed by atoms with Gasteiger partial charge in [-0.3, -0.25) is 9.89 Å². The van der Waals surface area contributed by atoms with Crippen LogP contribution in [0.3, 0.4) is 0 Å². The Morgan fingerprint density at radius 3 is 2.73 bits per heavy atom. The molecule has 3 rings (SSSR count). The summed E-state index contributed by atoms with van der Waals surface area (Å²) in [5.41, 5.74) is 2.88. The summed E-state index contributed by atoms with van der Waals surface area (Å²) in [5, 5.41) is 7.15. The summed E-state index contributed by atoms with van der Waals surface area (Å²) >= 11 is 6.29. The van der Waals surface area contributed by atoms with Crippen LogP contribution in [0.2, 0.25) is 5.02 Å². The van der Waals surface area contributed by atoms with Crippen molar-refractivity contribution in [2.24, 2.45) is 0 Å². The number of carbonyl (C=O) groups is 1. The smallest absolute Gasteiger partial charge is 0.153 e. The van der Waals surface area contributed by atoms with Crippen LogP contribution in [0.5, 0.6) is 5.75 Å². The van der Waals surface area contributed by atoms with Gasteiger partial charge in [0.2, 0.25) is 0 Å². The Bertz CT molecular complexity index is 784. The van der Waals surface area contributed by atoms with Gasteiger partial charge in [-0.25, -0.2) is 0 Å². The number of halogens is 1. The van der Waals surface area contributed by atoms with Crippen LogP contribution < -0.4 is 4.74 Å². The molecule has 0 unspecified atom stereocenters. The number of carbonyl (C=O) groups excluding carboxylic acids is 1. The molecule has 0 saturated carbocycles. The van der Waals surface area contributed by atoms with E-state index in [1.807, 2.05) is 42.5 Å². The number of aromatic nitrogens is 2. The summed E-state index contributed by atoms with van der Waals surface area (Å²) in [6.07, 6.45) is 2.22. The minimum atomic E-state index is 0.472. The Balaban J connectivity index is 1.79. The third kappa shape index (κ3) is 3.02. The number of H-pyrrole nitrogens is 1. The van der Waals surface area contributed by atoms with Crippen molar-refractivity contribution in [3.05, 3.63) is 70.9 Å². The molecule has 0 aliphatic heterocycles. The number of nitrogens with one attached hydrogen (secondary N) is 1. The van der Waals surface area contributed by atoms with Crippen LogP contribution in [0.1, 0.15) is 15.9 Å². The Kier molecular flexibility index (Phi) is 4.21. The van der Waals surface area contributed by atoms with E-state index in [1.165, 1.54) is 6.20 Å². The average Bonchev–Trinajstić information content (AvgIpc) is 3.02. The first-order valence-electron chi connectivity index (χ1n) is 6.73. The fraction of sp³-hybridized carbons (Fsp3) is 0.0588. The Morgan fingerprint density at radius 1 is 1.18 bits per heavy atom. The molecule has 0 radical (unpaired) electrons. The number of aromatic amines is 1.